The van der Waals surface area contributed by atoms with Gasteiger partial charge in [0.1, 0.15) is 23.5 Å². The molecule has 2 amide bonds. The van der Waals surface area contributed by atoms with Gasteiger partial charge in [0.05, 0.1) is 36.1 Å². The number of carboxylic acids is 1. The summed E-state index contributed by atoms with van der Waals surface area (Å²) >= 11 is 0. The van der Waals surface area contributed by atoms with E-state index in [-0.39, 0.29) is 47.2 Å². The van der Waals surface area contributed by atoms with Gasteiger partial charge in [-0.1, -0.05) is 243 Å². The number of hydrogen-bond acceptors (Lipinski definition) is 19. The molecular formula is C86H78N8O17. The normalized spacial score (nSPS) is 11.4. The van der Waals surface area contributed by atoms with Gasteiger partial charge in [-0.15, -0.1) is 0 Å². The Kier molecular flexibility index (Phi) is 31.2. The minimum absolute atomic E-state index is 0.0466. The number of nitro benzene ring substituents is 3. The number of aliphatic carboxylic acids is 1. The van der Waals surface area contributed by atoms with E-state index in [1.54, 1.807) is 91.0 Å². The molecule has 25 nitrogen and oxygen atoms in total. The van der Waals surface area contributed by atoms with Gasteiger partial charge in [0.25, 0.3) is 28.9 Å². The van der Waals surface area contributed by atoms with Crippen LogP contribution in [-0.4, -0.2) is 91.7 Å². The number of nitro groups is 3. The summed E-state index contributed by atoms with van der Waals surface area (Å²) < 4.78 is 20.0. The van der Waals surface area contributed by atoms with Gasteiger partial charge in [-0.2, -0.15) is 0 Å². The molecule has 4 N–H and O–H groups in total. The van der Waals surface area contributed by atoms with Crippen LogP contribution in [0.5, 0.6) is 0 Å². The van der Waals surface area contributed by atoms with Crippen molar-refractivity contribution in [2.45, 2.75) is 50.7 Å². The lowest BCUT2D eigenvalue weighted by atomic mass is 10.0. The van der Waals surface area contributed by atoms with E-state index in [4.69, 9.17) is 19.6 Å². The molecular weight excluding hydrogens is 1420 g/mol. The second-order valence-electron chi connectivity index (χ2n) is 24.2. The Hall–Kier alpha value is -14.4. The Morgan fingerprint density at radius 3 is 1.14 bits per heavy atom. The average molecular weight is 1500 g/mol. The molecule has 564 valence electrons. The highest BCUT2D eigenvalue weighted by Gasteiger charge is 2.35. The molecule has 11 aromatic carbocycles. The molecule has 0 saturated carbocycles. The third-order valence-electron chi connectivity index (χ3n) is 16.8. The smallest absolute Gasteiger partial charge is 0.333 e. The number of aromatic nitrogens is 1. The van der Waals surface area contributed by atoms with Gasteiger partial charge in [0, 0.05) is 78.3 Å². The number of carbonyl (C=O) groups excluding carboxylic acids is 5. The largest absolute Gasteiger partial charge is 0.479 e. The number of carboxylic acid groups (broad SMARTS) is 1. The van der Waals surface area contributed by atoms with Crippen molar-refractivity contribution in [1.82, 2.24) is 20.1 Å². The summed E-state index contributed by atoms with van der Waals surface area (Å²) in [6.45, 7) is 2.70. The van der Waals surface area contributed by atoms with Crippen molar-refractivity contribution in [3.63, 3.8) is 0 Å². The SMILES string of the molecule is COC(=O)C(N)c1ccccc1.COC(=O)C(NCc1ccccc1)c1ccccc1.COC(=O)C(c1ccccc1)N(Cc1ccccc1)C(=O)c1ccc([N+](=O)[O-])cc1.Cc1oc(-c2ccc([N+](=O)[O-])cc2)nc1-c1ccccc1.O=C(O)C(c1ccccc1)N(Cc1ccccc1)C(=O)c1ccc([N+](=O)[O-])cc1. The predicted molar refractivity (Wildman–Crippen MR) is 415 cm³/mol. The number of amides is 2. The molecule has 0 radical (unpaired) electrons. The summed E-state index contributed by atoms with van der Waals surface area (Å²) in [6.07, 6.45) is 0. The number of carbonyl (C=O) groups is 6. The summed E-state index contributed by atoms with van der Waals surface area (Å²) in [5.74, 6) is -2.22. The molecule has 1 aromatic heterocycles. The Labute approximate surface area is 639 Å². The van der Waals surface area contributed by atoms with Gasteiger partial charge in [0.15, 0.2) is 12.1 Å². The van der Waals surface area contributed by atoms with Crippen LogP contribution in [0.4, 0.5) is 17.1 Å². The molecule has 4 atom stereocenters. The van der Waals surface area contributed by atoms with Crippen LogP contribution in [0.3, 0.4) is 0 Å². The van der Waals surface area contributed by atoms with E-state index >= 15 is 0 Å². The molecule has 0 saturated heterocycles. The van der Waals surface area contributed by atoms with Gasteiger partial charge in [0.2, 0.25) is 5.89 Å². The van der Waals surface area contributed by atoms with Crippen LogP contribution in [0.2, 0.25) is 0 Å². The van der Waals surface area contributed by atoms with Crippen LogP contribution in [0.15, 0.2) is 320 Å². The van der Waals surface area contributed by atoms with Gasteiger partial charge >= 0.3 is 23.9 Å². The molecule has 0 bridgehead atoms. The second kappa shape index (κ2) is 42.1. The first-order valence-corrected chi connectivity index (χ1v) is 34.3. The maximum atomic E-state index is 13.4. The summed E-state index contributed by atoms with van der Waals surface area (Å²) in [7, 11) is 4.00. The number of aryl methyl sites for hydroxylation is 1. The molecule has 12 aromatic rings. The number of ether oxygens (including phenoxy) is 3. The Balaban J connectivity index is 0.000000179. The molecule has 0 aliphatic heterocycles. The zero-order valence-corrected chi connectivity index (χ0v) is 60.7. The topological polar surface area (TPSA) is 350 Å². The lowest BCUT2D eigenvalue weighted by Crippen LogP contribution is -2.39. The summed E-state index contributed by atoms with van der Waals surface area (Å²) in [4.78, 5) is 112. The third kappa shape index (κ3) is 24.0. The monoisotopic (exact) mass is 1490 g/mol. The van der Waals surface area contributed by atoms with Gasteiger partial charge in [-0.25, -0.2) is 19.4 Å². The number of nitrogens with one attached hydrogen (secondary N) is 1. The van der Waals surface area contributed by atoms with E-state index in [0.717, 1.165) is 44.8 Å². The zero-order chi connectivity index (χ0) is 79.6. The molecule has 12 rings (SSSR count). The minimum atomic E-state index is -1.21. The van der Waals surface area contributed by atoms with Gasteiger partial charge in [-0.05, 0) is 82.3 Å². The Morgan fingerprint density at radius 1 is 0.423 bits per heavy atom. The maximum absolute atomic E-state index is 13.4. The van der Waals surface area contributed by atoms with E-state index in [0.29, 0.717) is 29.1 Å². The molecule has 1 heterocycles. The summed E-state index contributed by atoms with van der Waals surface area (Å²) in [5.41, 5.74) is 13.7. The van der Waals surface area contributed by atoms with Gasteiger partial charge in [-0.3, -0.25) is 50.0 Å². The molecule has 0 aliphatic rings. The first-order valence-electron chi connectivity index (χ1n) is 34.3. The number of methoxy groups -OCH3 is 3. The predicted octanol–water partition coefficient (Wildman–Crippen LogP) is 16.0. The lowest BCUT2D eigenvalue weighted by molar-refractivity contribution is -0.385. The fourth-order valence-corrected chi connectivity index (χ4v) is 11.1. The molecule has 4 unspecified atom stereocenters. The molecule has 0 aliphatic carbocycles. The van der Waals surface area contributed by atoms with Gasteiger partial charge < -0.3 is 39.3 Å². The van der Waals surface area contributed by atoms with E-state index < -0.39 is 68.7 Å². The number of oxazole rings is 1. The van der Waals surface area contributed by atoms with Crippen molar-refractivity contribution in [2.24, 2.45) is 5.73 Å². The number of nitrogens with two attached hydrogens (primary N) is 1. The fourth-order valence-electron chi connectivity index (χ4n) is 11.1. The van der Waals surface area contributed by atoms with E-state index in [1.807, 2.05) is 171 Å². The maximum Gasteiger partial charge on any atom is 0.333 e. The summed E-state index contributed by atoms with van der Waals surface area (Å²) in [6, 6.07) is 87.4. The van der Waals surface area contributed by atoms with Crippen molar-refractivity contribution in [1.29, 1.82) is 0 Å². The number of nitrogens with zero attached hydrogens (tertiary/aromatic N) is 6. The van der Waals surface area contributed by atoms with Crippen LogP contribution in [-0.2, 0) is 53.0 Å². The van der Waals surface area contributed by atoms with Crippen LogP contribution in [0, 0.1) is 37.3 Å². The van der Waals surface area contributed by atoms with Crippen molar-refractivity contribution < 1.29 is 67.3 Å². The highest BCUT2D eigenvalue weighted by molar-refractivity contribution is 5.98. The van der Waals surface area contributed by atoms with Crippen molar-refractivity contribution >= 4 is 52.8 Å². The van der Waals surface area contributed by atoms with E-state index in [1.165, 1.54) is 91.8 Å². The Bertz CT molecular complexity index is 4980. The third-order valence-corrected chi connectivity index (χ3v) is 16.8. The summed E-state index contributed by atoms with van der Waals surface area (Å²) in [5, 5.41) is 45.6. The van der Waals surface area contributed by atoms with E-state index in [9.17, 15) is 64.2 Å². The minimum Gasteiger partial charge on any atom is -0.479 e. The Morgan fingerprint density at radius 2 is 0.757 bits per heavy atom. The van der Waals surface area contributed by atoms with Crippen LogP contribution < -0.4 is 11.1 Å². The van der Waals surface area contributed by atoms with Crippen LogP contribution in [0.25, 0.3) is 22.7 Å². The first-order chi connectivity index (χ1) is 53.7. The first kappa shape index (κ1) is 82.2. The van der Waals surface area contributed by atoms with Crippen LogP contribution >= 0.6 is 0 Å². The lowest BCUT2D eigenvalue weighted by Gasteiger charge is -2.30. The van der Waals surface area contributed by atoms with E-state index in [2.05, 4.69) is 15.0 Å². The van der Waals surface area contributed by atoms with Crippen LogP contribution in [0.1, 0.15) is 89.6 Å². The number of esters is 3. The number of benzene rings is 11. The average Bonchev–Trinajstić information content (AvgIpc) is 1.73. The van der Waals surface area contributed by atoms with Crippen molar-refractivity contribution in [3.05, 3.63) is 402 Å². The second-order valence-corrected chi connectivity index (χ2v) is 24.2. The number of rotatable bonds is 24. The molecule has 0 spiro atoms. The molecule has 111 heavy (non-hydrogen) atoms. The molecule has 25 heteroatoms. The zero-order valence-electron chi connectivity index (χ0n) is 60.7. The molecule has 0 fully saturated rings. The fraction of sp³-hybridized carbons (Fsp3) is 0.128. The quantitative estimate of drug-likeness (QED) is 0.0219. The highest BCUT2D eigenvalue weighted by atomic mass is 16.6. The standard InChI is InChI=1S/C23H20N2O5.C22H18N2O5.C16H12N2O3.C16H17NO2.C9H11NO2/c1-30-23(27)21(18-10-6-3-7-11-18)24(16-17-8-4-2-5-9-17)22(26)19-12-14-20(15-13-19)25(28)29;25-21(18-11-13-19(14-12-18)24(28)29)23(15-16-7-3-1-4-8-16)20(22(26)27)17-9-5-2-6-10-17;1-11-15(12-5-3-2-4-6-12)17-16(21-11)13-7-9-14(10-8-13)18(19)20;1-19-16(18)15(14-10-6-3-7-11-14)17-12-13-8-4-2-5-9-13;1-12-9(11)8(10)7-5-3-2-4-6-7/h2-15,21H,16H2,1H3;1-14,20H,15H2,(H,26,27);2-10H,1H3;2-11,15,17H,12H2,1H3;2-6,8H,10H2,1H3. The number of non-ortho nitro benzene ring substituents is 3. The highest BCUT2D eigenvalue weighted by Crippen LogP contribution is 2.32. The van der Waals surface area contributed by atoms with Crippen molar-refractivity contribution in [3.8, 4) is 22.7 Å². The van der Waals surface area contributed by atoms with Crippen molar-refractivity contribution in [2.75, 3.05) is 21.3 Å². The number of hydrogen-bond donors (Lipinski definition) is 3.